The number of amides is 1. The zero-order chi connectivity index (χ0) is 18.5. The third-order valence-electron chi connectivity index (χ3n) is 5.11. The van der Waals surface area contributed by atoms with Gasteiger partial charge >= 0.3 is 0 Å². The van der Waals surface area contributed by atoms with Crippen molar-refractivity contribution in [2.75, 3.05) is 12.1 Å². The molecule has 142 valence electrons. The maximum Gasteiger partial charge on any atom is 0.270 e. The molecule has 6 heteroatoms. The van der Waals surface area contributed by atoms with Gasteiger partial charge in [0.25, 0.3) is 5.91 Å². The van der Waals surface area contributed by atoms with Gasteiger partial charge in [-0.3, -0.25) is 4.79 Å². The summed E-state index contributed by atoms with van der Waals surface area (Å²) in [5, 5.41) is 6.45. The van der Waals surface area contributed by atoms with Gasteiger partial charge in [0.15, 0.2) is 11.5 Å². The van der Waals surface area contributed by atoms with Crippen molar-refractivity contribution < 1.29 is 14.3 Å². The molecule has 2 N–H and O–H groups in total. The number of nitrogens with one attached hydrogen (secondary N) is 2. The van der Waals surface area contributed by atoms with Crippen molar-refractivity contribution in [3.05, 3.63) is 47.8 Å². The molecule has 0 spiro atoms. The van der Waals surface area contributed by atoms with E-state index in [1.807, 2.05) is 24.3 Å². The van der Waals surface area contributed by atoms with Gasteiger partial charge in [-0.05, 0) is 42.7 Å². The summed E-state index contributed by atoms with van der Waals surface area (Å²) in [6.45, 7) is 0.662. The van der Waals surface area contributed by atoms with E-state index in [9.17, 15) is 4.79 Å². The average Bonchev–Trinajstić information content (AvgIpc) is 3.02. The highest BCUT2D eigenvalue weighted by atomic mass is 16.7. The predicted molar refractivity (Wildman–Crippen MR) is 103 cm³/mol. The summed E-state index contributed by atoms with van der Waals surface area (Å²) >= 11 is 0. The number of hydrogen-bond acceptors (Lipinski definition) is 5. The van der Waals surface area contributed by atoms with Gasteiger partial charge in [-0.15, -0.1) is 0 Å². The lowest BCUT2D eigenvalue weighted by molar-refractivity contribution is 0.0946. The Balaban J connectivity index is 1.31. The molecule has 1 aromatic carbocycles. The van der Waals surface area contributed by atoms with Crippen LogP contribution in [0.15, 0.2) is 36.5 Å². The minimum absolute atomic E-state index is 0.186. The van der Waals surface area contributed by atoms with Gasteiger partial charge in [0, 0.05) is 12.6 Å². The molecule has 0 atom stereocenters. The third kappa shape index (κ3) is 4.51. The van der Waals surface area contributed by atoms with Crippen LogP contribution < -0.4 is 20.1 Å². The van der Waals surface area contributed by atoms with Crippen molar-refractivity contribution in [3.8, 4) is 11.5 Å². The maximum absolute atomic E-state index is 12.3. The van der Waals surface area contributed by atoms with Crippen LogP contribution in [-0.2, 0) is 6.54 Å². The SMILES string of the molecule is O=C(NCc1ccc2c(c1)OCO2)c1ccc(NC2CCCCCC2)cn1. The molecule has 0 unspecified atom stereocenters. The summed E-state index contributed by atoms with van der Waals surface area (Å²) in [6.07, 6.45) is 9.39. The Bertz CT molecular complexity index is 784. The summed E-state index contributed by atoms with van der Waals surface area (Å²) in [5.41, 5.74) is 2.36. The van der Waals surface area contributed by atoms with Gasteiger partial charge in [-0.2, -0.15) is 0 Å². The standard InChI is InChI=1S/C21H25N3O3/c25-21(23-12-15-7-10-19-20(11-15)27-14-26-19)18-9-8-17(13-22-18)24-16-5-3-1-2-4-6-16/h7-11,13,16,24H,1-6,12,14H2,(H,23,25). The van der Waals surface area contributed by atoms with E-state index in [-0.39, 0.29) is 12.7 Å². The number of rotatable bonds is 5. The zero-order valence-corrected chi connectivity index (χ0v) is 15.4. The van der Waals surface area contributed by atoms with E-state index in [0.717, 1.165) is 17.0 Å². The molecule has 1 aromatic heterocycles. The molecule has 0 saturated heterocycles. The zero-order valence-electron chi connectivity index (χ0n) is 15.4. The van der Waals surface area contributed by atoms with Crippen LogP contribution in [0.1, 0.15) is 54.6 Å². The second-order valence-corrected chi connectivity index (χ2v) is 7.14. The second-order valence-electron chi connectivity index (χ2n) is 7.14. The minimum atomic E-state index is -0.186. The molecule has 1 fully saturated rings. The number of nitrogens with zero attached hydrogens (tertiary/aromatic N) is 1. The van der Waals surface area contributed by atoms with Crippen LogP contribution in [0.5, 0.6) is 11.5 Å². The van der Waals surface area contributed by atoms with E-state index in [4.69, 9.17) is 9.47 Å². The number of anilines is 1. The number of ether oxygens (including phenoxy) is 2. The van der Waals surface area contributed by atoms with Crippen molar-refractivity contribution in [2.45, 2.75) is 51.1 Å². The molecule has 2 aromatic rings. The highest BCUT2D eigenvalue weighted by Crippen LogP contribution is 2.32. The lowest BCUT2D eigenvalue weighted by atomic mass is 10.1. The first kappa shape index (κ1) is 17.6. The number of hydrogen-bond donors (Lipinski definition) is 2. The number of carbonyl (C=O) groups is 1. The van der Waals surface area contributed by atoms with Crippen LogP contribution in [0.4, 0.5) is 5.69 Å². The molecule has 0 bridgehead atoms. The van der Waals surface area contributed by atoms with Crippen molar-refractivity contribution in [1.29, 1.82) is 0 Å². The quantitative estimate of drug-likeness (QED) is 0.785. The third-order valence-corrected chi connectivity index (χ3v) is 5.11. The van der Waals surface area contributed by atoms with E-state index >= 15 is 0 Å². The fraction of sp³-hybridized carbons (Fsp3) is 0.429. The summed E-state index contributed by atoms with van der Waals surface area (Å²) in [6, 6.07) is 9.88. The molecule has 2 aliphatic rings. The van der Waals surface area contributed by atoms with Crippen molar-refractivity contribution in [3.63, 3.8) is 0 Å². The predicted octanol–water partition coefficient (Wildman–Crippen LogP) is 3.88. The Morgan fingerprint density at radius 2 is 1.85 bits per heavy atom. The van der Waals surface area contributed by atoms with Crippen LogP contribution in [-0.4, -0.2) is 23.7 Å². The fourth-order valence-corrected chi connectivity index (χ4v) is 3.60. The van der Waals surface area contributed by atoms with Crippen LogP contribution in [0.2, 0.25) is 0 Å². The first-order valence-electron chi connectivity index (χ1n) is 9.67. The Kier molecular flexibility index (Phi) is 5.42. The monoisotopic (exact) mass is 367 g/mol. The van der Waals surface area contributed by atoms with E-state index in [1.54, 1.807) is 12.3 Å². The van der Waals surface area contributed by atoms with E-state index < -0.39 is 0 Å². The number of pyridine rings is 1. The smallest absolute Gasteiger partial charge is 0.270 e. The summed E-state index contributed by atoms with van der Waals surface area (Å²) < 4.78 is 10.7. The first-order chi connectivity index (χ1) is 13.3. The van der Waals surface area contributed by atoms with Crippen LogP contribution >= 0.6 is 0 Å². The summed E-state index contributed by atoms with van der Waals surface area (Å²) in [7, 11) is 0. The lowest BCUT2D eigenvalue weighted by Gasteiger charge is -2.17. The Morgan fingerprint density at radius 3 is 2.63 bits per heavy atom. The number of carbonyl (C=O) groups excluding carboxylic acids is 1. The van der Waals surface area contributed by atoms with Gasteiger partial charge in [-0.1, -0.05) is 31.7 Å². The van der Waals surface area contributed by atoms with E-state index in [1.165, 1.54) is 38.5 Å². The number of benzene rings is 1. The maximum atomic E-state index is 12.3. The molecule has 6 nitrogen and oxygen atoms in total. The highest BCUT2D eigenvalue weighted by Gasteiger charge is 2.15. The van der Waals surface area contributed by atoms with Crippen LogP contribution in [0.3, 0.4) is 0 Å². The van der Waals surface area contributed by atoms with Gasteiger partial charge in [-0.25, -0.2) is 4.98 Å². The average molecular weight is 367 g/mol. The molecule has 2 heterocycles. The Morgan fingerprint density at radius 1 is 1.04 bits per heavy atom. The van der Waals surface area contributed by atoms with Gasteiger partial charge in [0.2, 0.25) is 6.79 Å². The largest absolute Gasteiger partial charge is 0.454 e. The van der Waals surface area contributed by atoms with Gasteiger partial charge in [0.1, 0.15) is 5.69 Å². The summed E-state index contributed by atoms with van der Waals surface area (Å²) in [4.78, 5) is 16.7. The molecule has 1 amide bonds. The topological polar surface area (TPSA) is 72.5 Å². The van der Waals surface area contributed by atoms with Gasteiger partial charge < -0.3 is 20.1 Å². The van der Waals surface area contributed by atoms with E-state index in [0.29, 0.717) is 24.0 Å². The first-order valence-corrected chi connectivity index (χ1v) is 9.67. The van der Waals surface area contributed by atoms with Crippen molar-refractivity contribution in [1.82, 2.24) is 10.3 Å². The van der Waals surface area contributed by atoms with Crippen LogP contribution in [0.25, 0.3) is 0 Å². The fourth-order valence-electron chi connectivity index (χ4n) is 3.60. The molecule has 0 radical (unpaired) electrons. The molecule has 1 saturated carbocycles. The van der Waals surface area contributed by atoms with Crippen LogP contribution in [0, 0.1) is 0 Å². The molecular formula is C21H25N3O3. The van der Waals surface area contributed by atoms with Gasteiger partial charge in [0.05, 0.1) is 11.9 Å². The Hall–Kier alpha value is -2.76. The second kappa shape index (κ2) is 8.29. The molecular weight excluding hydrogens is 342 g/mol. The Labute approximate surface area is 159 Å². The van der Waals surface area contributed by atoms with Crippen molar-refractivity contribution in [2.24, 2.45) is 0 Å². The summed E-state index contributed by atoms with van der Waals surface area (Å²) in [5.74, 6) is 1.27. The molecule has 1 aliphatic heterocycles. The molecule has 4 rings (SSSR count). The van der Waals surface area contributed by atoms with Crippen molar-refractivity contribution >= 4 is 11.6 Å². The highest BCUT2D eigenvalue weighted by molar-refractivity contribution is 5.92. The lowest BCUT2D eigenvalue weighted by Crippen LogP contribution is -2.24. The number of fused-ring (bicyclic) bond motifs is 1. The number of aromatic nitrogens is 1. The molecule has 27 heavy (non-hydrogen) atoms. The normalized spacial score (nSPS) is 16.6. The minimum Gasteiger partial charge on any atom is -0.454 e. The van der Waals surface area contributed by atoms with E-state index in [2.05, 4.69) is 15.6 Å². The molecule has 1 aliphatic carbocycles.